The van der Waals surface area contributed by atoms with Crippen LogP contribution in [0.3, 0.4) is 0 Å². The number of rotatable bonds is 20. The Balaban J connectivity index is 3.28. The van der Waals surface area contributed by atoms with Gasteiger partial charge in [-0.2, -0.15) is 11.8 Å². The van der Waals surface area contributed by atoms with Crippen molar-refractivity contribution in [1.29, 1.82) is 0 Å². The second kappa shape index (κ2) is 19.0. The Kier molecular flexibility index (Phi) is 19.2. The second-order valence-electron chi connectivity index (χ2n) is 7.08. The fraction of sp³-hybridized carbons (Fsp3) is 1.00. The SMILES string of the molecule is CCCCCCCCCCCCCCCS(=O)(=O)CCSCCCO. The molecule has 0 aliphatic heterocycles. The Morgan fingerprint density at radius 2 is 1.12 bits per heavy atom. The summed E-state index contributed by atoms with van der Waals surface area (Å²) >= 11 is 1.63. The maximum absolute atomic E-state index is 11.9. The largest absolute Gasteiger partial charge is 0.396 e. The molecule has 0 aliphatic rings. The molecule has 0 atom stereocenters. The lowest BCUT2D eigenvalue weighted by molar-refractivity contribution is 0.296. The third kappa shape index (κ3) is 20.4. The number of aliphatic hydroxyl groups excluding tert-OH is 1. The lowest BCUT2D eigenvalue weighted by atomic mass is 10.1. The van der Waals surface area contributed by atoms with Crippen molar-refractivity contribution in [2.75, 3.05) is 29.6 Å². The van der Waals surface area contributed by atoms with Crippen molar-refractivity contribution >= 4 is 21.6 Å². The first kappa shape index (κ1) is 25.3. The van der Waals surface area contributed by atoms with Gasteiger partial charge in [0.15, 0.2) is 9.84 Å². The summed E-state index contributed by atoms with van der Waals surface area (Å²) in [6.45, 7) is 2.45. The molecular weight excluding hydrogens is 352 g/mol. The normalized spacial score (nSPS) is 11.9. The molecule has 0 unspecified atom stereocenters. The van der Waals surface area contributed by atoms with Crippen LogP contribution in [0.2, 0.25) is 0 Å². The summed E-state index contributed by atoms with van der Waals surface area (Å²) in [7, 11) is -2.87. The highest BCUT2D eigenvalue weighted by Crippen LogP contribution is 2.13. The van der Waals surface area contributed by atoms with Gasteiger partial charge in [-0.3, -0.25) is 0 Å². The molecule has 0 rings (SSSR count). The van der Waals surface area contributed by atoms with E-state index < -0.39 is 9.84 Å². The van der Waals surface area contributed by atoms with Crippen molar-refractivity contribution < 1.29 is 13.5 Å². The molecule has 25 heavy (non-hydrogen) atoms. The van der Waals surface area contributed by atoms with E-state index in [4.69, 9.17) is 5.11 Å². The fourth-order valence-corrected chi connectivity index (χ4v) is 5.77. The molecule has 5 heteroatoms. The van der Waals surface area contributed by atoms with Gasteiger partial charge in [0.25, 0.3) is 0 Å². The predicted octanol–water partition coefficient (Wildman–Crippen LogP) is 5.61. The number of hydrogen-bond acceptors (Lipinski definition) is 4. The van der Waals surface area contributed by atoms with Crippen LogP contribution >= 0.6 is 11.8 Å². The Morgan fingerprint density at radius 1 is 0.640 bits per heavy atom. The van der Waals surface area contributed by atoms with E-state index in [-0.39, 0.29) is 6.61 Å². The minimum absolute atomic E-state index is 0.193. The van der Waals surface area contributed by atoms with Gasteiger partial charge in [-0.15, -0.1) is 0 Å². The van der Waals surface area contributed by atoms with Gasteiger partial charge in [0.05, 0.1) is 11.5 Å². The second-order valence-corrected chi connectivity index (χ2v) is 10.6. The summed E-state index contributed by atoms with van der Waals surface area (Å²) in [6, 6.07) is 0. The van der Waals surface area contributed by atoms with Crippen LogP contribution < -0.4 is 0 Å². The molecule has 0 aromatic rings. The third-order valence-corrected chi connectivity index (χ3v) is 7.61. The maximum atomic E-state index is 11.9. The highest BCUT2D eigenvalue weighted by molar-refractivity contribution is 8.00. The molecule has 0 aliphatic carbocycles. The average molecular weight is 395 g/mol. The first-order valence-corrected chi connectivity index (χ1v) is 13.5. The van der Waals surface area contributed by atoms with E-state index in [0.717, 1.165) is 25.0 Å². The fourth-order valence-electron chi connectivity index (χ4n) is 2.90. The minimum Gasteiger partial charge on any atom is -0.396 e. The standard InChI is InChI=1S/C20H42O3S2/c1-2-3-4-5-6-7-8-9-10-11-12-13-14-19-25(22,23)20-18-24-17-15-16-21/h21H,2-20H2,1H3. The van der Waals surface area contributed by atoms with Gasteiger partial charge in [0.1, 0.15) is 0 Å². The first-order valence-electron chi connectivity index (χ1n) is 10.5. The molecule has 3 nitrogen and oxygen atoms in total. The smallest absolute Gasteiger partial charge is 0.151 e. The molecule has 0 bridgehead atoms. The van der Waals surface area contributed by atoms with Gasteiger partial charge in [0, 0.05) is 12.4 Å². The van der Waals surface area contributed by atoms with E-state index in [1.54, 1.807) is 11.8 Å². The molecule has 0 spiro atoms. The lowest BCUT2D eigenvalue weighted by Gasteiger charge is -2.05. The Bertz CT molecular complexity index is 356. The predicted molar refractivity (Wildman–Crippen MR) is 113 cm³/mol. The van der Waals surface area contributed by atoms with Crippen molar-refractivity contribution in [2.24, 2.45) is 0 Å². The van der Waals surface area contributed by atoms with E-state index >= 15 is 0 Å². The van der Waals surface area contributed by atoms with Crippen LogP contribution in [0.25, 0.3) is 0 Å². The van der Waals surface area contributed by atoms with Gasteiger partial charge in [0.2, 0.25) is 0 Å². The van der Waals surface area contributed by atoms with Crippen LogP contribution in [0.5, 0.6) is 0 Å². The summed E-state index contributed by atoms with van der Waals surface area (Å²) in [5, 5.41) is 8.68. The molecule has 0 aromatic carbocycles. The number of hydrogen-bond donors (Lipinski definition) is 1. The van der Waals surface area contributed by atoms with E-state index in [1.165, 1.54) is 70.6 Å². The number of aliphatic hydroxyl groups is 1. The van der Waals surface area contributed by atoms with Gasteiger partial charge in [-0.1, -0.05) is 84.0 Å². The zero-order valence-corrected chi connectivity index (χ0v) is 18.1. The van der Waals surface area contributed by atoms with Crippen LogP contribution in [-0.2, 0) is 9.84 Å². The van der Waals surface area contributed by atoms with E-state index in [1.807, 2.05) is 0 Å². The van der Waals surface area contributed by atoms with Crippen molar-refractivity contribution in [3.8, 4) is 0 Å². The highest BCUT2D eigenvalue weighted by atomic mass is 32.2. The monoisotopic (exact) mass is 394 g/mol. The molecule has 0 heterocycles. The quantitative estimate of drug-likeness (QED) is 0.273. The lowest BCUT2D eigenvalue weighted by Crippen LogP contribution is -2.13. The summed E-state index contributed by atoms with van der Waals surface area (Å²) in [5.41, 5.74) is 0. The molecule has 1 N–H and O–H groups in total. The first-order chi connectivity index (χ1) is 12.1. The van der Waals surface area contributed by atoms with Gasteiger partial charge >= 0.3 is 0 Å². The topological polar surface area (TPSA) is 54.4 Å². The Morgan fingerprint density at radius 3 is 1.60 bits per heavy atom. The zero-order chi connectivity index (χ0) is 18.6. The molecular formula is C20H42O3S2. The number of sulfone groups is 1. The molecule has 0 amide bonds. The van der Waals surface area contributed by atoms with E-state index in [0.29, 0.717) is 17.3 Å². The van der Waals surface area contributed by atoms with Crippen molar-refractivity contribution in [1.82, 2.24) is 0 Å². The summed E-state index contributed by atoms with van der Waals surface area (Å²) in [6.07, 6.45) is 17.4. The van der Waals surface area contributed by atoms with Crippen LogP contribution in [0.4, 0.5) is 0 Å². The van der Waals surface area contributed by atoms with Gasteiger partial charge < -0.3 is 5.11 Å². The molecule has 0 aromatic heterocycles. The summed E-state index contributed by atoms with van der Waals surface area (Å²) in [5.74, 6) is 2.16. The van der Waals surface area contributed by atoms with E-state index in [9.17, 15) is 8.42 Å². The van der Waals surface area contributed by atoms with E-state index in [2.05, 4.69) is 6.92 Å². The number of unbranched alkanes of at least 4 members (excludes halogenated alkanes) is 12. The highest BCUT2D eigenvalue weighted by Gasteiger charge is 2.09. The molecule has 152 valence electrons. The molecule has 0 radical (unpaired) electrons. The van der Waals surface area contributed by atoms with Crippen LogP contribution in [0.1, 0.15) is 96.8 Å². The maximum Gasteiger partial charge on any atom is 0.151 e. The van der Waals surface area contributed by atoms with Crippen LogP contribution in [-0.4, -0.2) is 43.1 Å². The van der Waals surface area contributed by atoms with Crippen LogP contribution in [0.15, 0.2) is 0 Å². The van der Waals surface area contributed by atoms with Crippen molar-refractivity contribution in [2.45, 2.75) is 96.8 Å². The molecule has 0 saturated heterocycles. The van der Waals surface area contributed by atoms with Gasteiger partial charge in [-0.05, 0) is 18.6 Å². The zero-order valence-electron chi connectivity index (χ0n) is 16.5. The van der Waals surface area contributed by atoms with Crippen molar-refractivity contribution in [3.05, 3.63) is 0 Å². The summed E-state index contributed by atoms with van der Waals surface area (Å²) in [4.78, 5) is 0. The Hall–Kier alpha value is 0.260. The minimum atomic E-state index is -2.87. The van der Waals surface area contributed by atoms with Gasteiger partial charge in [-0.25, -0.2) is 8.42 Å². The van der Waals surface area contributed by atoms with Crippen molar-refractivity contribution in [3.63, 3.8) is 0 Å². The average Bonchev–Trinajstić information content (AvgIpc) is 2.58. The third-order valence-electron chi connectivity index (χ3n) is 4.54. The van der Waals surface area contributed by atoms with Crippen LogP contribution in [0, 0.1) is 0 Å². The number of thioether (sulfide) groups is 1. The molecule has 0 saturated carbocycles. The summed E-state index contributed by atoms with van der Waals surface area (Å²) < 4.78 is 23.8. The molecule has 0 fully saturated rings. The Labute approximate surface area is 161 Å².